The highest BCUT2D eigenvalue weighted by Gasteiger charge is 2.39. The van der Waals surface area contributed by atoms with Crippen molar-refractivity contribution in [1.29, 1.82) is 0 Å². The Labute approximate surface area is 240 Å². The van der Waals surface area contributed by atoms with E-state index >= 15 is 0 Å². The highest BCUT2D eigenvalue weighted by atomic mass is 28.4. The Morgan fingerprint density at radius 1 is 1.17 bits per heavy atom. The van der Waals surface area contributed by atoms with Crippen LogP contribution >= 0.6 is 0 Å². The topological polar surface area (TPSA) is 79.5 Å². The third kappa shape index (κ3) is 6.84. The number of alkyl halides is 3. The summed E-state index contributed by atoms with van der Waals surface area (Å²) in [7, 11) is 1.40. The Bertz CT molecular complexity index is 1410. The lowest BCUT2D eigenvalue weighted by molar-refractivity contribution is -0.138. The van der Waals surface area contributed by atoms with Crippen LogP contribution in [0.4, 0.5) is 36.2 Å². The van der Waals surface area contributed by atoms with Gasteiger partial charge in [-0.05, 0) is 37.2 Å². The van der Waals surface area contributed by atoms with Crippen LogP contribution in [0.5, 0.6) is 0 Å². The first-order chi connectivity index (χ1) is 19.1. The number of nitrogens with zero attached hydrogens (tertiary/aromatic N) is 6. The van der Waals surface area contributed by atoms with Crippen LogP contribution in [0.2, 0.25) is 18.1 Å². The molecule has 13 heteroatoms. The van der Waals surface area contributed by atoms with Crippen molar-refractivity contribution in [3.8, 4) is 0 Å². The Kier molecular flexibility index (Phi) is 8.72. The first kappa shape index (κ1) is 30.8. The van der Waals surface area contributed by atoms with Crippen molar-refractivity contribution < 1.29 is 22.3 Å². The van der Waals surface area contributed by atoms with Crippen LogP contribution in [0.25, 0.3) is 5.65 Å². The van der Waals surface area contributed by atoms with Crippen LogP contribution in [0, 0.1) is 6.92 Å². The molecular weight excluding hydrogens is 551 g/mol. The van der Waals surface area contributed by atoms with Crippen LogP contribution < -0.4 is 10.2 Å². The monoisotopic (exact) mass is 591 g/mol. The second-order valence-electron chi connectivity index (χ2n) is 12.0. The predicted molar refractivity (Wildman–Crippen MR) is 159 cm³/mol. The summed E-state index contributed by atoms with van der Waals surface area (Å²) in [5.74, 6) is 1.14. The van der Waals surface area contributed by atoms with Gasteiger partial charge in [-0.1, -0.05) is 26.8 Å². The first-order valence-corrected chi connectivity index (χ1v) is 16.5. The molecule has 1 fully saturated rings. The number of imidazole rings is 1. The van der Waals surface area contributed by atoms with E-state index in [1.165, 1.54) is 6.07 Å². The number of nitrogens with one attached hydrogen (secondary N) is 1. The number of hydrogen-bond acceptors (Lipinski definition) is 7. The fourth-order valence-corrected chi connectivity index (χ4v) is 5.12. The summed E-state index contributed by atoms with van der Waals surface area (Å²) in [6.07, 6.45) is -2.87. The number of fused-ring (bicyclic) bond motifs is 1. The lowest BCUT2D eigenvalue weighted by Crippen LogP contribution is -2.40. The van der Waals surface area contributed by atoms with Gasteiger partial charge in [-0.3, -0.25) is 0 Å². The molecule has 3 heterocycles. The molecule has 1 aliphatic heterocycles. The third-order valence-corrected chi connectivity index (χ3v) is 12.1. The molecule has 0 saturated carbocycles. The minimum atomic E-state index is -4.55. The van der Waals surface area contributed by atoms with Crippen molar-refractivity contribution in [2.75, 3.05) is 50.6 Å². The van der Waals surface area contributed by atoms with Crippen LogP contribution in [-0.4, -0.2) is 74.6 Å². The van der Waals surface area contributed by atoms with E-state index in [0.717, 1.165) is 6.07 Å². The van der Waals surface area contributed by atoms with Gasteiger partial charge in [0.05, 0.1) is 37.4 Å². The van der Waals surface area contributed by atoms with Crippen LogP contribution in [0.15, 0.2) is 29.3 Å². The largest absolute Gasteiger partial charge is 0.416 e. The van der Waals surface area contributed by atoms with Gasteiger partial charge in [0.1, 0.15) is 5.69 Å². The summed E-state index contributed by atoms with van der Waals surface area (Å²) in [5.41, 5.74) is 1.27. The zero-order valence-electron chi connectivity index (χ0n) is 25.1. The zero-order valence-corrected chi connectivity index (χ0v) is 26.1. The number of aliphatic imine (C=N–C) groups is 1. The summed E-state index contributed by atoms with van der Waals surface area (Å²) in [4.78, 5) is 13.2. The molecule has 9 nitrogen and oxygen atoms in total. The van der Waals surface area contributed by atoms with Crippen LogP contribution in [0.1, 0.15) is 37.6 Å². The molecule has 0 bridgehead atoms. The molecule has 2 aromatic heterocycles. The number of ether oxygens (including phenoxy) is 1. The maximum Gasteiger partial charge on any atom is 0.416 e. The first-order valence-electron chi connectivity index (χ1n) is 13.6. The van der Waals surface area contributed by atoms with Gasteiger partial charge < -0.3 is 24.3 Å². The summed E-state index contributed by atoms with van der Waals surface area (Å²) in [5, 5.41) is 7.93. The van der Waals surface area contributed by atoms with Gasteiger partial charge in [0, 0.05) is 44.5 Å². The Morgan fingerprint density at radius 2 is 1.85 bits per heavy atom. The van der Waals surface area contributed by atoms with Crippen LogP contribution in [0.3, 0.4) is 0 Å². The highest BCUT2D eigenvalue weighted by molar-refractivity contribution is 6.74. The number of morpholine rings is 1. The molecule has 3 aromatic rings. The van der Waals surface area contributed by atoms with E-state index in [2.05, 4.69) is 36.0 Å². The van der Waals surface area contributed by atoms with E-state index in [1.807, 2.05) is 38.2 Å². The number of aromatic nitrogens is 3. The Morgan fingerprint density at radius 3 is 2.46 bits per heavy atom. The predicted octanol–water partition coefficient (Wildman–Crippen LogP) is 6.38. The van der Waals surface area contributed by atoms with Gasteiger partial charge in [0.2, 0.25) is 0 Å². The van der Waals surface area contributed by atoms with Gasteiger partial charge in [-0.25, -0.2) is 9.98 Å². The molecule has 0 atom stereocenters. The maximum atomic E-state index is 14.2. The smallest absolute Gasteiger partial charge is 0.412 e. The number of anilines is 3. The minimum Gasteiger partial charge on any atom is -0.412 e. The molecule has 1 saturated heterocycles. The zero-order chi connectivity index (χ0) is 30.2. The molecule has 1 N–H and O–H groups in total. The summed E-state index contributed by atoms with van der Waals surface area (Å²) in [6, 6.07) is 6.01. The molecule has 4 rings (SSSR count). The number of hydrogen-bond donors (Lipinski definition) is 1. The number of halogens is 3. The van der Waals surface area contributed by atoms with Crippen LogP contribution in [-0.2, 0) is 21.9 Å². The van der Waals surface area contributed by atoms with Gasteiger partial charge in [-0.15, -0.1) is 5.10 Å². The summed E-state index contributed by atoms with van der Waals surface area (Å²) >= 11 is 0. The van der Waals surface area contributed by atoms with E-state index < -0.39 is 20.1 Å². The normalized spacial score (nSPS) is 15.2. The fourth-order valence-electron chi connectivity index (χ4n) is 4.18. The molecule has 0 aliphatic carbocycles. The van der Waals surface area contributed by atoms with Crippen molar-refractivity contribution >= 4 is 43.3 Å². The lowest BCUT2D eigenvalue weighted by atomic mass is 10.1. The van der Waals surface area contributed by atoms with Gasteiger partial charge in [0.15, 0.2) is 25.6 Å². The Balaban J connectivity index is 1.83. The average molecular weight is 592 g/mol. The minimum absolute atomic E-state index is 0.0503. The molecule has 0 amide bonds. The van der Waals surface area contributed by atoms with Gasteiger partial charge in [-0.2, -0.15) is 17.7 Å². The SMILES string of the molecule is Cc1nc2c(/N=C/N(C)C)cc(N3CCOCC3)nn2c1Nc1cccc(C(F)(F)F)c1CO[Si](C)(C)C(C)(C)C. The highest BCUT2D eigenvalue weighted by Crippen LogP contribution is 2.41. The number of rotatable bonds is 8. The van der Waals surface area contributed by atoms with Gasteiger partial charge in [0.25, 0.3) is 0 Å². The van der Waals surface area contributed by atoms with E-state index in [9.17, 15) is 13.2 Å². The lowest BCUT2D eigenvalue weighted by Gasteiger charge is -2.36. The van der Waals surface area contributed by atoms with E-state index in [0.29, 0.717) is 60.7 Å². The second-order valence-corrected chi connectivity index (χ2v) is 16.8. The maximum absolute atomic E-state index is 14.2. The molecular formula is C28H40F3N7O2Si. The van der Waals surface area contributed by atoms with Crippen molar-refractivity contribution in [1.82, 2.24) is 19.5 Å². The second kappa shape index (κ2) is 11.6. The van der Waals surface area contributed by atoms with E-state index in [1.54, 1.807) is 23.8 Å². The van der Waals surface area contributed by atoms with Crippen molar-refractivity contribution in [2.45, 2.75) is 58.6 Å². The molecule has 0 radical (unpaired) electrons. The molecule has 1 aliphatic rings. The standard InChI is InChI=1S/C28H40F3N7O2Si/c1-19-25(34-22-11-9-10-21(28(29,30)31)20(22)17-40-41(7,8)27(2,3)4)38-26(33-19)23(32-18-36(5)6)16-24(35-38)37-12-14-39-15-13-37/h9-11,16,18,34H,12-15,17H2,1-8H3/b32-18+. The molecule has 41 heavy (non-hydrogen) atoms. The molecule has 0 unspecified atom stereocenters. The van der Waals surface area contributed by atoms with Crippen molar-refractivity contribution in [2.24, 2.45) is 4.99 Å². The average Bonchev–Trinajstić information content (AvgIpc) is 3.20. The molecule has 1 aromatic carbocycles. The van der Waals surface area contributed by atoms with Crippen molar-refractivity contribution in [3.63, 3.8) is 0 Å². The summed E-state index contributed by atoms with van der Waals surface area (Å²) in [6.45, 7) is 14.3. The van der Waals surface area contributed by atoms with Gasteiger partial charge >= 0.3 is 6.18 Å². The van der Waals surface area contributed by atoms with E-state index in [-0.39, 0.29) is 17.2 Å². The van der Waals surface area contributed by atoms with Crippen molar-refractivity contribution in [3.05, 3.63) is 41.1 Å². The number of benzene rings is 1. The molecule has 224 valence electrons. The Hall–Kier alpha value is -3.16. The third-order valence-electron chi connectivity index (χ3n) is 7.61. The number of aryl methyl sites for hydroxylation is 1. The molecule has 0 spiro atoms. The van der Waals surface area contributed by atoms with E-state index in [4.69, 9.17) is 19.2 Å². The summed E-state index contributed by atoms with van der Waals surface area (Å²) < 4.78 is 56.1. The fraction of sp³-hybridized carbons (Fsp3) is 0.536. The quantitative estimate of drug-likeness (QED) is 0.185.